The third-order valence-electron chi connectivity index (χ3n) is 4.51. The Morgan fingerprint density at radius 1 is 1.25 bits per heavy atom. The molecule has 1 aromatic heterocycles. The number of halogens is 3. The average Bonchev–Trinajstić information content (AvgIpc) is 3.40. The molecule has 0 aliphatic heterocycles. The van der Waals surface area contributed by atoms with Crippen LogP contribution in [0.3, 0.4) is 0 Å². The molecule has 0 radical (unpaired) electrons. The molecule has 1 fully saturated rings. The highest BCUT2D eigenvalue weighted by atomic mass is 19.4. The number of aromatic nitrogens is 1. The lowest BCUT2D eigenvalue weighted by molar-refractivity contribution is -0.138. The van der Waals surface area contributed by atoms with Gasteiger partial charge in [0.2, 0.25) is 5.91 Å². The summed E-state index contributed by atoms with van der Waals surface area (Å²) in [6.07, 6.45) is -2.00. The average molecular weight is 395 g/mol. The molecule has 1 aliphatic carbocycles. The van der Waals surface area contributed by atoms with E-state index >= 15 is 0 Å². The topological polar surface area (TPSA) is 86.5 Å². The molecule has 3 N–H and O–H groups in total. The largest absolute Gasteiger partial charge is 0.497 e. The fourth-order valence-corrected chi connectivity index (χ4v) is 2.56. The highest BCUT2D eigenvalue weighted by Gasteiger charge is 2.46. The second kappa shape index (κ2) is 7.31. The fourth-order valence-electron chi connectivity index (χ4n) is 2.56. The van der Waals surface area contributed by atoms with Crippen LogP contribution in [0.5, 0.6) is 17.2 Å². The van der Waals surface area contributed by atoms with E-state index < -0.39 is 23.3 Å². The Balaban J connectivity index is 1.73. The van der Waals surface area contributed by atoms with E-state index in [1.54, 1.807) is 13.0 Å². The summed E-state index contributed by atoms with van der Waals surface area (Å²) < 4.78 is 50.0. The van der Waals surface area contributed by atoms with Crippen molar-refractivity contribution in [2.24, 2.45) is 5.73 Å². The van der Waals surface area contributed by atoms with Crippen molar-refractivity contribution in [2.45, 2.75) is 37.5 Å². The first kappa shape index (κ1) is 19.9. The maximum Gasteiger partial charge on any atom is 0.420 e. The quantitative estimate of drug-likeness (QED) is 0.781. The number of hydrogen-bond donors (Lipinski definition) is 2. The van der Waals surface area contributed by atoms with Gasteiger partial charge in [-0.05, 0) is 50.1 Å². The van der Waals surface area contributed by atoms with Gasteiger partial charge in [-0.1, -0.05) is 0 Å². The lowest BCUT2D eigenvalue weighted by Gasteiger charge is -2.17. The van der Waals surface area contributed by atoms with E-state index in [9.17, 15) is 18.0 Å². The van der Waals surface area contributed by atoms with E-state index in [1.165, 1.54) is 31.5 Å². The molecule has 28 heavy (non-hydrogen) atoms. The molecule has 9 heteroatoms. The molecule has 0 saturated heterocycles. The number of rotatable bonds is 6. The number of alkyl halides is 3. The standard InChI is InChI=1S/C19H20F3N3O3/c1-11(25-17(26)18(23)7-8-18)15-5-3-13(10-24-15)28-16-6-4-12(27-2)9-14(16)19(20,21)22/h3-6,9-11H,7-8,23H2,1-2H3,(H,25,26). The van der Waals surface area contributed by atoms with Crippen LogP contribution in [-0.2, 0) is 11.0 Å². The van der Waals surface area contributed by atoms with Crippen molar-refractivity contribution in [3.8, 4) is 17.2 Å². The van der Waals surface area contributed by atoms with Crippen molar-refractivity contribution in [2.75, 3.05) is 7.11 Å². The Hall–Kier alpha value is -2.81. The number of carbonyl (C=O) groups excluding carboxylic acids is 1. The molecular weight excluding hydrogens is 375 g/mol. The van der Waals surface area contributed by atoms with Gasteiger partial charge in [0.25, 0.3) is 0 Å². The summed E-state index contributed by atoms with van der Waals surface area (Å²) in [4.78, 5) is 16.2. The number of nitrogens with one attached hydrogen (secondary N) is 1. The summed E-state index contributed by atoms with van der Waals surface area (Å²) >= 11 is 0. The molecule has 1 amide bonds. The van der Waals surface area contributed by atoms with Gasteiger partial charge in [0.1, 0.15) is 22.8 Å². The Morgan fingerprint density at radius 3 is 2.46 bits per heavy atom. The number of amides is 1. The van der Waals surface area contributed by atoms with Crippen LogP contribution in [0.15, 0.2) is 36.5 Å². The second-order valence-electron chi connectivity index (χ2n) is 6.73. The summed E-state index contributed by atoms with van der Waals surface area (Å²) in [5.74, 6) is -0.389. The van der Waals surface area contributed by atoms with Crippen LogP contribution in [0.4, 0.5) is 13.2 Å². The number of pyridine rings is 1. The first-order chi connectivity index (χ1) is 13.1. The molecular formula is C19H20F3N3O3. The Kier molecular flexibility index (Phi) is 5.20. The molecule has 1 saturated carbocycles. The molecule has 1 unspecified atom stereocenters. The normalized spacial score (nSPS) is 16.2. The minimum Gasteiger partial charge on any atom is -0.497 e. The number of benzene rings is 1. The Morgan fingerprint density at radius 2 is 1.93 bits per heavy atom. The third kappa shape index (κ3) is 4.36. The number of nitrogens with zero attached hydrogens (tertiary/aromatic N) is 1. The molecule has 0 spiro atoms. The van der Waals surface area contributed by atoms with Crippen LogP contribution in [0, 0.1) is 0 Å². The van der Waals surface area contributed by atoms with Gasteiger partial charge < -0.3 is 20.5 Å². The molecule has 150 valence electrons. The molecule has 1 heterocycles. The summed E-state index contributed by atoms with van der Waals surface area (Å²) in [6.45, 7) is 1.75. The van der Waals surface area contributed by atoms with Crippen molar-refractivity contribution in [1.82, 2.24) is 10.3 Å². The van der Waals surface area contributed by atoms with Gasteiger partial charge in [0.15, 0.2) is 0 Å². The number of carbonyl (C=O) groups is 1. The summed E-state index contributed by atoms with van der Waals surface area (Å²) in [6, 6.07) is 6.11. The van der Waals surface area contributed by atoms with E-state index in [0.29, 0.717) is 18.5 Å². The van der Waals surface area contributed by atoms with Gasteiger partial charge in [0.05, 0.1) is 30.6 Å². The maximum absolute atomic E-state index is 13.3. The number of methoxy groups -OCH3 is 1. The fraction of sp³-hybridized carbons (Fsp3) is 0.368. The highest BCUT2D eigenvalue weighted by Crippen LogP contribution is 2.40. The maximum atomic E-state index is 13.3. The highest BCUT2D eigenvalue weighted by molar-refractivity contribution is 5.89. The zero-order valence-corrected chi connectivity index (χ0v) is 15.3. The minimum absolute atomic E-state index is 0.0750. The first-order valence-corrected chi connectivity index (χ1v) is 8.61. The lowest BCUT2D eigenvalue weighted by Crippen LogP contribution is -2.43. The van der Waals surface area contributed by atoms with Gasteiger partial charge in [0, 0.05) is 0 Å². The van der Waals surface area contributed by atoms with E-state index in [4.69, 9.17) is 15.2 Å². The molecule has 1 atom stereocenters. The van der Waals surface area contributed by atoms with Crippen LogP contribution in [0.2, 0.25) is 0 Å². The van der Waals surface area contributed by atoms with Crippen LogP contribution in [0.1, 0.15) is 37.1 Å². The van der Waals surface area contributed by atoms with Crippen molar-refractivity contribution >= 4 is 5.91 Å². The predicted octanol–water partition coefficient (Wildman–Crippen LogP) is 3.57. The Bertz CT molecular complexity index is 865. The SMILES string of the molecule is COc1ccc(Oc2ccc(C(C)NC(=O)C3(N)CC3)nc2)c(C(F)(F)F)c1. The molecule has 2 aromatic rings. The molecule has 6 nitrogen and oxygen atoms in total. The monoisotopic (exact) mass is 395 g/mol. The molecule has 1 aliphatic rings. The van der Waals surface area contributed by atoms with Crippen molar-refractivity contribution in [3.05, 3.63) is 47.8 Å². The predicted molar refractivity (Wildman–Crippen MR) is 95.0 cm³/mol. The number of hydrogen-bond acceptors (Lipinski definition) is 5. The van der Waals surface area contributed by atoms with Gasteiger partial charge in [-0.25, -0.2) is 0 Å². The molecule has 1 aromatic carbocycles. The van der Waals surface area contributed by atoms with E-state index in [1.807, 2.05) is 0 Å². The second-order valence-corrected chi connectivity index (χ2v) is 6.73. The van der Waals surface area contributed by atoms with Gasteiger partial charge in [-0.3, -0.25) is 9.78 Å². The van der Waals surface area contributed by atoms with Crippen molar-refractivity contribution in [1.29, 1.82) is 0 Å². The van der Waals surface area contributed by atoms with Gasteiger partial charge >= 0.3 is 6.18 Å². The summed E-state index contributed by atoms with van der Waals surface area (Å²) in [5.41, 5.74) is 4.64. The third-order valence-corrected chi connectivity index (χ3v) is 4.51. The van der Waals surface area contributed by atoms with Crippen LogP contribution in [0.25, 0.3) is 0 Å². The van der Waals surface area contributed by atoms with Crippen molar-refractivity contribution in [3.63, 3.8) is 0 Å². The Labute approximate surface area is 159 Å². The number of ether oxygens (including phenoxy) is 2. The summed E-state index contributed by atoms with van der Waals surface area (Å²) in [7, 11) is 1.29. The van der Waals surface area contributed by atoms with Crippen LogP contribution < -0.4 is 20.5 Å². The minimum atomic E-state index is -4.60. The zero-order chi connectivity index (χ0) is 20.5. The molecule has 3 rings (SSSR count). The van der Waals surface area contributed by atoms with Crippen LogP contribution >= 0.6 is 0 Å². The van der Waals surface area contributed by atoms with E-state index in [0.717, 1.165) is 6.07 Å². The number of nitrogens with two attached hydrogens (primary N) is 1. The van der Waals surface area contributed by atoms with E-state index in [2.05, 4.69) is 10.3 Å². The lowest BCUT2D eigenvalue weighted by atomic mass is 10.1. The first-order valence-electron chi connectivity index (χ1n) is 8.61. The molecule has 0 bridgehead atoms. The van der Waals surface area contributed by atoms with Gasteiger partial charge in [-0.15, -0.1) is 0 Å². The summed E-state index contributed by atoms with van der Waals surface area (Å²) in [5, 5.41) is 2.78. The van der Waals surface area contributed by atoms with Crippen molar-refractivity contribution < 1.29 is 27.4 Å². The van der Waals surface area contributed by atoms with Gasteiger partial charge in [-0.2, -0.15) is 13.2 Å². The smallest absolute Gasteiger partial charge is 0.420 e. The van der Waals surface area contributed by atoms with Crippen LogP contribution in [-0.4, -0.2) is 23.5 Å². The van der Waals surface area contributed by atoms with E-state index in [-0.39, 0.29) is 23.2 Å². The zero-order valence-electron chi connectivity index (χ0n) is 15.3.